The van der Waals surface area contributed by atoms with Gasteiger partial charge >= 0.3 is 0 Å². The first-order valence-corrected chi connectivity index (χ1v) is 11.8. The zero-order chi connectivity index (χ0) is 21.4. The molecule has 2 saturated heterocycles. The molecule has 0 bridgehead atoms. The van der Waals surface area contributed by atoms with Gasteiger partial charge in [0, 0.05) is 31.1 Å². The van der Waals surface area contributed by atoms with Crippen LogP contribution < -0.4 is 10.1 Å². The van der Waals surface area contributed by atoms with E-state index in [0.717, 1.165) is 30.7 Å². The van der Waals surface area contributed by atoms with Crippen molar-refractivity contribution in [3.63, 3.8) is 0 Å². The fraction of sp³-hybridized carbons (Fsp3) is 0.625. The third kappa shape index (κ3) is 4.20. The van der Waals surface area contributed by atoms with Crippen LogP contribution in [0.2, 0.25) is 0 Å². The maximum atomic E-state index is 12.9. The van der Waals surface area contributed by atoms with E-state index >= 15 is 0 Å². The fourth-order valence-electron chi connectivity index (χ4n) is 5.66. The minimum Gasteiger partial charge on any atom is -0.489 e. The van der Waals surface area contributed by atoms with Crippen LogP contribution in [-0.4, -0.2) is 58.8 Å². The van der Waals surface area contributed by atoms with Crippen molar-refractivity contribution in [3.8, 4) is 5.75 Å². The lowest BCUT2D eigenvalue weighted by molar-refractivity contribution is -0.136. The fourth-order valence-corrected chi connectivity index (χ4v) is 5.66. The second-order valence-electron chi connectivity index (χ2n) is 9.39. The van der Waals surface area contributed by atoms with Crippen LogP contribution in [-0.2, 0) is 16.1 Å². The Labute approximate surface area is 183 Å². The molecule has 1 aromatic rings. The number of benzene rings is 1. The zero-order valence-corrected chi connectivity index (χ0v) is 18.0. The number of fused-ring (bicyclic) bond motifs is 1. The molecule has 0 aromatic heterocycles. The summed E-state index contributed by atoms with van der Waals surface area (Å²) < 4.78 is 6.36. The number of carbonyl (C=O) groups excluding carboxylic acids is 3. The van der Waals surface area contributed by atoms with Crippen LogP contribution in [0.15, 0.2) is 18.2 Å². The summed E-state index contributed by atoms with van der Waals surface area (Å²) in [7, 11) is 0. The summed E-state index contributed by atoms with van der Waals surface area (Å²) in [6.45, 7) is 2.53. The Morgan fingerprint density at radius 3 is 2.61 bits per heavy atom. The van der Waals surface area contributed by atoms with Crippen molar-refractivity contribution in [2.24, 2.45) is 0 Å². The van der Waals surface area contributed by atoms with Crippen LogP contribution in [0.25, 0.3) is 0 Å². The molecule has 2 unspecified atom stereocenters. The van der Waals surface area contributed by atoms with E-state index in [0.29, 0.717) is 24.6 Å². The number of nitrogens with zero attached hydrogens (tertiary/aromatic N) is 2. The van der Waals surface area contributed by atoms with Gasteiger partial charge in [0.2, 0.25) is 11.8 Å². The van der Waals surface area contributed by atoms with E-state index in [1.807, 2.05) is 18.2 Å². The summed E-state index contributed by atoms with van der Waals surface area (Å²) in [5.41, 5.74) is 1.52. The second-order valence-corrected chi connectivity index (χ2v) is 9.39. The highest BCUT2D eigenvalue weighted by molar-refractivity contribution is 6.05. The Morgan fingerprint density at radius 2 is 1.81 bits per heavy atom. The summed E-state index contributed by atoms with van der Waals surface area (Å²) in [4.78, 5) is 40.7. The molecule has 1 aliphatic carbocycles. The molecule has 31 heavy (non-hydrogen) atoms. The van der Waals surface area contributed by atoms with Gasteiger partial charge in [-0.2, -0.15) is 0 Å². The van der Waals surface area contributed by atoms with Crippen LogP contribution in [0.5, 0.6) is 5.75 Å². The molecule has 3 aliphatic heterocycles. The van der Waals surface area contributed by atoms with Crippen molar-refractivity contribution >= 4 is 17.7 Å². The molecule has 0 radical (unpaired) electrons. The van der Waals surface area contributed by atoms with Crippen LogP contribution in [0, 0.1) is 0 Å². The number of piperidine rings is 2. The number of nitrogens with one attached hydrogen (secondary N) is 1. The maximum absolute atomic E-state index is 12.9. The van der Waals surface area contributed by atoms with Crippen molar-refractivity contribution in [2.45, 2.75) is 82.5 Å². The highest BCUT2D eigenvalue weighted by Gasteiger charge is 2.39. The first-order chi connectivity index (χ1) is 15.1. The van der Waals surface area contributed by atoms with Crippen molar-refractivity contribution in [1.82, 2.24) is 15.1 Å². The highest BCUT2D eigenvalue weighted by atomic mass is 16.5. The molecule has 0 spiro atoms. The lowest BCUT2D eigenvalue weighted by Crippen LogP contribution is -2.52. The first kappa shape index (κ1) is 20.5. The minimum atomic E-state index is -0.579. The number of rotatable bonds is 4. The van der Waals surface area contributed by atoms with Gasteiger partial charge in [-0.15, -0.1) is 0 Å². The molecular formula is C24H31N3O4. The Bertz CT molecular complexity index is 880. The number of likely N-dealkylation sites (tertiary alicyclic amines) is 1. The molecule has 3 amide bonds. The summed E-state index contributed by atoms with van der Waals surface area (Å²) in [5.74, 6) is 0.0131. The lowest BCUT2D eigenvalue weighted by atomic mass is 9.92. The molecule has 3 fully saturated rings. The molecule has 5 rings (SSSR count). The van der Waals surface area contributed by atoms with Gasteiger partial charge < -0.3 is 9.64 Å². The number of amides is 3. The van der Waals surface area contributed by atoms with E-state index in [2.05, 4.69) is 10.2 Å². The Balaban J connectivity index is 1.24. The number of hydrogen-bond acceptors (Lipinski definition) is 5. The predicted octanol–water partition coefficient (Wildman–Crippen LogP) is 2.62. The normalized spacial score (nSPS) is 27.9. The molecular weight excluding hydrogens is 394 g/mol. The number of hydrogen-bond donors (Lipinski definition) is 1. The quantitative estimate of drug-likeness (QED) is 0.751. The SMILES string of the molecule is O=C1CCC(N2Cc3cc(OC4CCCN(C5CCCCC5)C4)ccc3C2=O)C(=O)N1. The molecule has 1 aromatic carbocycles. The zero-order valence-electron chi connectivity index (χ0n) is 18.0. The molecule has 1 N–H and O–H groups in total. The summed E-state index contributed by atoms with van der Waals surface area (Å²) in [5, 5.41) is 2.35. The summed E-state index contributed by atoms with van der Waals surface area (Å²) in [6, 6.07) is 5.79. The van der Waals surface area contributed by atoms with Gasteiger partial charge in [0.05, 0.1) is 0 Å². The average Bonchev–Trinajstić information content (AvgIpc) is 3.10. The summed E-state index contributed by atoms with van der Waals surface area (Å²) in [6.07, 6.45) is 9.72. The van der Waals surface area contributed by atoms with Crippen molar-refractivity contribution in [3.05, 3.63) is 29.3 Å². The molecule has 7 nitrogen and oxygen atoms in total. The van der Waals surface area contributed by atoms with Crippen molar-refractivity contribution in [2.75, 3.05) is 13.1 Å². The first-order valence-electron chi connectivity index (χ1n) is 11.8. The number of ether oxygens (including phenoxy) is 1. The number of carbonyl (C=O) groups is 3. The van der Waals surface area contributed by atoms with Gasteiger partial charge in [0.25, 0.3) is 5.91 Å². The topological polar surface area (TPSA) is 79.0 Å². The van der Waals surface area contributed by atoms with Gasteiger partial charge in [0.1, 0.15) is 17.9 Å². The molecule has 2 atom stereocenters. The van der Waals surface area contributed by atoms with E-state index in [1.165, 1.54) is 38.6 Å². The molecule has 1 saturated carbocycles. The molecule has 7 heteroatoms. The Kier molecular flexibility index (Phi) is 5.69. The monoisotopic (exact) mass is 425 g/mol. The molecule has 166 valence electrons. The van der Waals surface area contributed by atoms with Gasteiger partial charge in [-0.3, -0.25) is 24.6 Å². The maximum Gasteiger partial charge on any atom is 0.255 e. The van der Waals surface area contributed by atoms with E-state index < -0.39 is 6.04 Å². The third-order valence-electron chi connectivity index (χ3n) is 7.30. The van der Waals surface area contributed by atoms with Crippen molar-refractivity contribution < 1.29 is 19.1 Å². The number of imide groups is 1. The van der Waals surface area contributed by atoms with Gasteiger partial charge in [-0.25, -0.2) is 0 Å². The highest BCUT2D eigenvalue weighted by Crippen LogP contribution is 2.32. The standard InChI is InChI=1S/C24H31N3O4/c28-22-11-10-21(23(29)25-22)27-14-16-13-18(8-9-20(16)24(27)30)31-19-7-4-12-26(15-19)17-5-2-1-3-6-17/h8-9,13,17,19,21H,1-7,10-12,14-15H2,(H,25,28,29). The van der Waals surface area contributed by atoms with Gasteiger partial charge in [-0.05, 0) is 62.4 Å². The molecule has 3 heterocycles. The summed E-state index contributed by atoms with van der Waals surface area (Å²) >= 11 is 0. The Hall–Kier alpha value is -2.41. The lowest BCUT2D eigenvalue weighted by Gasteiger charge is -2.39. The smallest absolute Gasteiger partial charge is 0.255 e. The van der Waals surface area contributed by atoms with E-state index in [-0.39, 0.29) is 30.2 Å². The van der Waals surface area contributed by atoms with E-state index in [4.69, 9.17) is 4.74 Å². The van der Waals surface area contributed by atoms with Crippen LogP contribution in [0.1, 0.15) is 73.7 Å². The largest absolute Gasteiger partial charge is 0.489 e. The van der Waals surface area contributed by atoms with Crippen LogP contribution in [0.4, 0.5) is 0 Å². The third-order valence-corrected chi connectivity index (χ3v) is 7.30. The Morgan fingerprint density at radius 1 is 0.968 bits per heavy atom. The molecule has 4 aliphatic rings. The second kappa shape index (κ2) is 8.61. The van der Waals surface area contributed by atoms with Gasteiger partial charge in [-0.1, -0.05) is 19.3 Å². The average molecular weight is 426 g/mol. The van der Waals surface area contributed by atoms with Crippen LogP contribution in [0.3, 0.4) is 0 Å². The van der Waals surface area contributed by atoms with Gasteiger partial charge in [0.15, 0.2) is 0 Å². The van der Waals surface area contributed by atoms with Crippen LogP contribution >= 0.6 is 0 Å². The predicted molar refractivity (Wildman–Crippen MR) is 115 cm³/mol. The minimum absolute atomic E-state index is 0.141. The van der Waals surface area contributed by atoms with E-state index in [1.54, 1.807) is 4.90 Å². The van der Waals surface area contributed by atoms with E-state index in [9.17, 15) is 14.4 Å². The van der Waals surface area contributed by atoms with Crippen molar-refractivity contribution in [1.29, 1.82) is 0 Å².